The van der Waals surface area contributed by atoms with Gasteiger partial charge in [-0.1, -0.05) is 0 Å². The summed E-state index contributed by atoms with van der Waals surface area (Å²) in [6, 6.07) is 0. The smallest absolute Gasteiger partial charge is 0.0237 e. The molecule has 0 atom stereocenters. The van der Waals surface area contributed by atoms with Gasteiger partial charge in [-0.15, -0.1) is 0 Å². The Balaban J connectivity index is 3.29. The van der Waals surface area contributed by atoms with Gasteiger partial charge in [0.15, 0.2) is 0 Å². The molecule has 0 amide bonds. The van der Waals surface area contributed by atoms with E-state index in [2.05, 4.69) is 5.32 Å². The van der Waals surface area contributed by atoms with Gasteiger partial charge < -0.3 is 22.2 Å². The second kappa shape index (κ2) is 7.24. The van der Waals surface area contributed by atoms with Gasteiger partial charge in [0.05, 0.1) is 0 Å². The van der Waals surface area contributed by atoms with Crippen LogP contribution in [0.4, 0.5) is 0 Å². The summed E-state index contributed by atoms with van der Waals surface area (Å²) in [4.78, 5) is 0. The topological polar surface area (TPSA) is 87.9 Å². The molecule has 0 fully saturated rings. The lowest BCUT2D eigenvalue weighted by atomic mass is 10.3. The zero-order valence-corrected chi connectivity index (χ0v) is 6.64. The van der Waals surface area contributed by atoms with Gasteiger partial charge >= 0.3 is 0 Å². The van der Waals surface area contributed by atoms with Crippen molar-refractivity contribution in [3.8, 4) is 0 Å². The Hall–Kier alpha value is -0.870. The van der Waals surface area contributed by atoms with E-state index in [1.807, 2.05) is 0 Å². The second-order valence-corrected chi connectivity index (χ2v) is 2.20. The van der Waals surface area contributed by atoms with Crippen LogP contribution in [-0.2, 0) is 0 Å². The molecule has 4 nitrogen and oxygen atoms in total. The summed E-state index contributed by atoms with van der Waals surface area (Å²) in [5.41, 5.74) is 11.3. The molecule has 0 bridgehead atoms. The van der Waals surface area contributed by atoms with Crippen molar-refractivity contribution >= 4 is 6.21 Å². The highest BCUT2D eigenvalue weighted by Crippen LogP contribution is 1.82. The molecule has 0 spiro atoms. The van der Waals surface area contributed by atoms with Gasteiger partial charge in [0, 0.05) is 12.8 Å². The fourth-order valence-electron chi connectivity index (χ4n) is 0.618. The SMILES string of the molecule is N=C/C(=C\N)CNCCCN. The highest BCUT2D eigenvalue weighted by molar-refractivity contribution is 5.75. The van der Waals surface area contributed by atoms with E-state index in [9.17, 15) is 0 Å². The molecule has 0 aliphatic rings. The third-order valence-corrected chi connectivity index (χ3v) is 1.29. The number of rotatable bonds is 6. The maximum atomic E-state index is 6.90. The zero-order valence-electron chi connectivity index (χ0n) is 6.64. The molecule has 0 rings (SSSR count). The van der Waals surface area contributed by atoms with Crippen LogP contribution in [0.1, 0.15) is 6.42 Å². The lowest BCUT2D eigenvalue weighted by Crippen LogP contribution is -2.21. The first-order valence-electron chi connectivity index (χ1n) is 3.67. The highest BCUT2D eigenvalue weighted by Gasteiger charge is 1.89. The predicted molar refractivity (Wildman–Crippen MR) is 47.6 cm³/mol. The molecule has 11 heavy (non-hydrogen) atoms. The van der Waals surface area contributed by atoms with Crippen molar-refractivity contribution < 1.29 is 0 Å². The Morgan fingerprint density at radius 2 is 2.27 bits per heavy atom. The van der Waals surface area contributed by atoms with Crippen molar-refractivity contribution in [2.75, 3.05) is 19.6 Å². The first kappa shape index (κ1) is 10.1. The number of nitrogens with one attached hydrogen (secondary N) is 2. The highest BCUT2D eigenvalue weighted by atomic mass is 14.9. The van der Waals surface area contributed by atoms with Crippen molar-refractivity contribution in [1.82, 2.24) is 5.32 Å². The van der Waals surface area contributed by atoms with Crippen molar-refractivity contribution in [1.29, 1.82) is 5.41 Å². The van der Waals surface area contributed by atoms with E-state index in [0.717, 1.165) is 18.5 Å². The van der Waals surface area contributed by atoms with Gasteiger partial charge in [-0.05, 0) is 31.3 Å². The Bertz CT molecular complexity index is 130. The Morgan fingerprint density at radius 1 is 1.55 bits per heavy atom. The van der Waals surface area contributed by atoms with E-state index in [1.54, 1.807) is 0 Å². The molecule has 0 heterocycles. The average molecular weight is 156 g/mol. The van der Waals surface area contributed by atoms with Gasteiger partial charge in [0.2, 0.25) is 0 Å². The number of hydrogen-bond donors (Lipinski definition) is 4. The standard InChI is InChI=1S/C7H16N4/c8-2-1-3-11-6-7(4-9)5-10/h4-5,9,11H,1-3,6,8,10H2/b7-5+,9-4?. The molecule has 0 aromatic carbocycles. The maximum absolute atomic E-state index is 6.90. The van der Waals surface area contributed by atoms with E-state index < -0.39 is 0 Å². The Morgan fingerprint density at radius 3 is 2.73 bits per heavy atom. The minimum absolute atomic E-state index is 0.653. The largest absolute Gasteiger partial charge is 0.404 e. The van der Waals surface area contributed by atoms with Crippen LogP contribution < -0.4 is 16.8 Å². The van der Waals surface area contributed by atoms with Gasteiger partial charge in [-0.2, -0.15) is 0 Å². The van der Waals surface area contributed by atoms with E-state index in [0.29, 0.717) is 13.1 Å². The van der Waals surface area contributed by atoms with Crippen molar-refractivity contribution in [2.45, 2.75) is 6.42 Å². The summed E-state index contributed by atoms with van der Waals surface area (Å²) in [6.07, 6.45) is 3.63. The van der Waals surface area contributed by atoms with Crippen LogP contribution >= 0.6 is 0 Å². The monoisotopic (exact) mass is 156 g/mol. The van der Waals surface area contributed by atoms with Crippen molar-refractivity contribution in [3.63, 3.8) is 0 Å². The molecule has 0 aromatic heterocycles. The molecule has 64 valence electrons. The Labute approximate surface area is 67.2 Å². The van der Waals surface area contributed by atoms with Gasteiger partial charge in [0.1, 0.15) is 0 Å². The second-order valence-electron chi connectivity index (χ2n) is 2.20. The summed E-state index contributed by atoms with van der Waals surface area (Å²) >= 11 is 0. The predicted octanol–water partition coefficient (Wildman–Crippen LogP) is -0.583. The van der Waals surface area contributed by atoms with Crippen LogP contribution in [-0.4, -0.2) is 25.8 Å². The molecule has 0 aliphatic carbocycles. The van der Waals surface area contributed by atoms with Crippen molar-refractivity contribution in [2.24, 2.45) is 11.5 Å². The molecule has 0 aliphatic heterocycles. The molecule has 0 saturated carbocycles. The van der Waals surface area contributed by atoms with Crippen LogP contribution in [0.5, 0.6) is 0 Å². The minimum Gasteiger partial charge on any atom is -0.404 e. The summed E-state index contributed by atoms with van der Waals surface area (Å²) < 4.78 is 0. The molecule has 0 radical (unpaired) electrons. The zero-order chi connectivity index (χ0) is 8.53. The van der Waals surface area contributed by atoms with Gasteiger partial charge in [-0.3, -0.25) is 0 Å². The lowest BCUT2D eigenvalue weighted by molar-refractivity contribution is 0.695. The third-order valence-electron chi connectivity index (χ3n) is 1.29. The molecule has 4 heteroatoms. The van der Waals surface area contributed by atoms with Crippen LogP contribution in [0.25, 0.3) is 0 Å². The first-order chi connectivity index (χ1) is 5.35. The molecule has 0 aromatic rings. The lowest BCUT2D eigenvalue weighted by Gasteiger charge is -2.02. The van der Waals surface area contributed by atoms with Crippen LogP contribution in [0.3, 0.4) is 0 Å². The number of nitrogens with two attached hydrogens (primary N) is 2. The summed E-state index contributed by atoms with van der Waals surface area (Å²) in [5.74, 6) is 0. The fourth-order valence-corrected chi connectivity index (χ4v) is 0.618. The number of hydrogen-bond acceptors (Lipinski definition) is 4. The van der Waals surface area contributed by atoms with Crippen LogP contribution in [0.15, 0.2) is 11.8 Å². The summed E-state index contributed by atoms with van der Waals surface area (Å²) in [7, 11) is 0. The van der Waals surface area contributed by atoms with E-state index in [1.165, 1.54) is 12.4 Å². The van der Waals surface area contributed by atoms with Crippen LogP contribution in [0, 0.1) is 5.41 Å². The molecular formula is C7H16N4. The van der Waals surface area contributed by atoms with E-state index in [-0.39, 0.29) is 0 Å². The molecule has 6 N–H and O–H groups in total. The normalized spacial score (nSPS) is 11.5. The quantitative estimate of drug-likeness (QED) is 0.306. The van der Waals surface area contributed by atoms with Gasteiger partial charge in [0.25, 0.3) is 0 Å². The Kier molecular flexibility index (Phi) is 6.67. The minimum atomic E-state index is 0.653. The van der Waals surface area contributed by atoms with E-state index in [4.69, 9.17) is 16.9 Å². The van der Waals surface area contributed by atoms with Gasteiger partial charge in [-0.25, -0.2) is 0 Å². The average Bonchev–Trinajstić information content (AvgIpc) is 2.05. The van der Waals surface area contributed by atoms with Crippen LogP contribution in [0.2, 0.25) is 0 Å². The maximum Gasteiger partial charge on any atom is 0.0237 e. The molecular weight excluding hydrogens is 140 g/mol. The third kappa shape index (κ3) is 5.57. The first-order valence-corrected chi connectivity index (χ1v) is 3.67. The molecule has 0 saturated heterocycles. The fraction of sp³-hybridized carbons (Fsp3) is 0.571. The van der Waals surface area contributed by atoms with Crippen molar-refractivity contribution in [3.05, 3.63) is 11.8 Å². The summed E-state index contributed by atoms with van der Waals surface area (Å²) in [5, 5.41) is 10.0. The summed E-state index contributed by atoms with van der Waals surface area (Å²) in [6.45, 7) is 2.22. The van der Waals surface area contributed by atoms with E-state index >= 15 is 0 Å². The molecule has 0 unspecified atom stereocenters.